The fourth-order valence-electron chi connectivity index (χ4n) is 3.86. The van der Waals surface area contributed by atoms with Crippen molar-refractivity contribution in [2.45, 2.75) is 32.7 Å². The smallest absolute Gasteiger partial charge is 0.276 e. The number of halogens is 1. The van der Waals surface area contributed by atoms with Gasteiger partial charge in [0.2, 0.25) is 5.91 Å². The normalized spacial score (nSPS) is 23.2. The van der Waals surface area contributed by atoms with Gasteiger partial charge in [0.25, 0.3) is 5.91 Å². The number of piperidine rings is 1. The number of hydrogen-bond donors (Lipinski definition) is 0. The highest BCUT2D eigenvalue weighted by Crippen LogP contribution is 2.31. The van der Waals surface area contributed by atoms with E-state index in [1.807, 2.05) is 16.7 Å². The van der Waals surface area contributed by atoms with E-state index in [4.69, 9.17) is 11.6 Å². The molecule has 0 N–H and O–H groups in total. The van der Waals surface area contributed by atoms with Crippen LogP contribution >= 0.6 is 11.6 Å². The third kappa shape index (κ3) is 2.76. The lowest BCUT2D eigenvalue weighted by Crippen LogP contribution is -2.47. The third-order valence-corrected chi connectivity index (χ3v) is 5.52. The minimum Gasteiger partial charge on any atom is -0.341 e. The molecule has 2 amide bonds. The second kappa shape index (κ2) is 5.98. The van der Waals surface area contributed by atoms with Gasteiger partial charge in [-0.05, 0) is 31.2 Å². The van der Waals surface area contributed by atoms with E-state index in [0.29, 0.717) is 24.7 Å². The number of carbonyl (C=O) groups excluding carboxylic acids is 2. The molecule has 2 atom stereocenters. The molecule has 132 valence electrons. The van der Waals surface area contributed by atoms with Crippen molar-refractivity contribution in [3.8, 4) is 0 Å². The van der Waals surface area contributed by atoms with Gasteiger partial charge in [-0.1, -0.05) is 11.6 Å². The van der Waals surface area contributed by atoms with Crippen LogP contribution in [0.25, 0.3) is 5.65 Å². The monoisotopic (exact) mass is 361 g/mol. The lowest BCUT2D eigenvalue weighted by Gasteiger charge is -2.35. The molecule has 2 aromatic rings. The summed E-state index contributed by atoms with van der Waals surface area (Å²) in [5.74, 6) is 0.202. The van der Waals surface area contributed by atoms with Gasteiger partial charge in [-0.2, -0.15) is 5.10 Å². The largest absolute Gasteiger partial charge is 0.341 e. The van der Waals surface area contributed by atoms with E-state index in [1.165, 1.54) is 0 Å². The number of nitrogens with zero attached hydrogens (tertiary/aromatic N) is 5. The summed E-state index contributed by atoms with van der Waals surface area (Å²) in [5.41, 5.74) is 1.67. The van der Waals surface area contributed by atoms with E-state index in [2.05, 4.69) is 10.1 Å². The predicted molar refractivity (Wildman–Crippen MR) is 92.5 cm³/mol. The van der Waals surface area contributed by atoms with Gasteiger partial charge in [0, 0.05) is 45.0 Å². The summed E-state index contributed by atoms with van der Waals surface area (Å²) in [7, 11) is 0. The predicted octanol–water partition coefficient (Wildman–Crippen LogP) is 1.77. The summed E-state index contributed by atoms with van der Waals surface area (Å²) in [6, 6.07) is 0.0192. The number of rotatable bonds is 1. The first-order chi connectivity index (χ1) is 11.9. The molecule has 2 bridgehead atoms. The molecular formula is C17H20ClN5O2. The number of fused-ring (bicyclic) bond motifs is 5. The van der Waals surface area contributed by atoms with Crippen molar-refractivity contribution in [2.75, 3.05) is 19.6 Å². The average Bonchev–Trinajstić information content (AvgIpc) is 2.76. The second-order valence-corrected chi connectivity index (χ2v) is 7.42. The minimum absolute atomic E-state index is 0.0192. The molecule has 3 aliphatic rings. The molecule has 0 aliphatic carbocycles. The van der Waals surface area contributed by atoms with Crippen molar-refractivity contribution in [1.82, 2.24) is 24.4 Å². The van der Waals surface area contributed by atoms with Gasteiger partial charge in [0.15, 0.2) is 11.3 Å². The van der Waals surface area contributed by atoms with Gasteiger partial charge < -0.3 is 9.80 Å². The number of carbonyl (C=O) groups is 2. The SMILES string of the molecule is CC(=O)N1C[C@@H]2CC[C@H](C1)N(C(=O)c1nn3cc(C)cnc3c1Cl)C2. The Bertz CT molecular complexity index is 864. The molecule has 2 aromatic heterocycles. The van der Waals surface area contributed by atoms with Crippen molar-refractivity contribution >= 4 is 29.1 Å². The van der Waals surface area contributed by atoms with Crippen LogP contribution in [0, 0.1) is 12.8 Å². The summed E-state index contributed by atoms with van der Waals surface area (Å²) in [6.07, 6.45) is 5.45. The Morgan fingerprint density at radius 1 is 1.24 bits per heavy atom. The van der Waals surface area contributed by atoms with E-state index in [0.717, 1.165) is 24.9 Å². The Hall–Kier alpha value is -2.15. The van der Waals surface area contributed by atoms with Crippen LogP contribution in [-0.4, -0.2) is 61.9 Å². The van der Waals surface area contributed by atoms with Gasteiger partial charge in [-0.3, -0.25) is 9.59 Å². The molecule has 25 heavy (non-hydrogen) atoms. The number of amides is 2. The molecule has 3 fully saturated rings. The zero-order chi connectivity index (χ0) is 17.7. The highest BCUT2D eigenvalue weighted by molar-refractivity contribution is 6.36. The van der Waals surface area contributed by atoms with Crippen LogP contribution in [0.15, 0.2) is 12.4 Å². The number of aromatic nitrogens is 3. The molecule has 0 unspecified atom stereocenters. The molecule has 5 heterocycles. The van der Waals surface area contributed by atoms with Crippen molar-refractivity contribution in [3.63, 3.8) is 0 Å². The van der Waals surface area contributed by atoms with Crippen molar-refractivity contribution in [2.24, 2.45) is 5.92 Å². The summed E-state index contributed by atoms with van der Waals surface area (Å²) >= 11 is 6.39. The van der Waals surface area contributed by atoms with Gasteiger partial charge in [-0.15, -0.1) is 0 Å². The lowest BCUT2D eigenvalue weighted by atomic mass is 9.94. The van der Waals surface area contributed by atoms with Crippen LogP contribution < -0.4 is 0 Å². The number of hydrogen-bond acceptors (Lipinski definition) is 4. The van der Waals surface area contributed by atoms with Gasteiger partial charge in [0.1, 0.15) is 5.02 Å². The van der Waals surface area contributed by atoms with Gasteiger partial charge in [-0.25, -0.2) is 9.50 Å². The fourth-order valence-corrected chi connectivity index (χ4v) is 4.11. The first-order valence-electron chi connectivity index (χ1n) is 8.51. The third-order valence-electron chi connectivity index (χ3n) is 5.17. The molecular weight excluding hydrogens is 342 g/mol. The van der Waals surface area contributed by atoms with Crippen molar-refractivity contribution in [3.05, 3.63) is 28.7 Å². The second-order valence-electron chi connectivity index (χ2n) is 7.04. The van der Waals surface area contributed by atoms with Gasteiger partial charge in [0.05, 0.1) is 0 Å². The molecule has 0 saturated carbocycles. The van der Waals surface area contributed by atoms with Gasteiger partial charge >= 0.3 is 0 Å². The highest BCUT2D eigenvalue weighted by atomic mass is 35.5. The number of aryl methyl sites for hydroxylation is 1. The topological polar surface area (TPSA) is 70.8 Å². The maximum Gasteiger partial charge on any atom is 0.276 e. The summed E-state index contributed by atoms with van der Waals surface area (Å²) in [6.45, 7) is 5.44. The lowest BCUT2D eigenvalue weighted by molar-refractivity contribution is -0.129. The molecule has 5 rings (SSSR count). The quantitative estimate of drug-likeness (QED) is 0.776. The Balaban J connectivity index is 1.67. The van der Waals surface area contributed by atoms with E-state index >= 15 is 0 Å². The fraction of sp³-hybridized carbons (Fsp3) is 0.529. The molecule has 0 radical (unpaired) electrons. The average molecular weight is 362 g/mol. The van der Waals surface area contributed by atoms with Crippen molar-refractivity contribution < 1.29 is 9.59 Å². The minimum atomic E-state index is -0.173. The van der Waals surface area contributed by atoms with E-state index in [1.54, 1.807) is 23.8 Å². The van der Waals surface area contributed by atoms with Crippen LogP contribution in [0.2, 0.25) is 5.02 Å². The Morgan fingerprint density at radius 2 is 2.04 bits per heavy atom. The Kier molecular flexibility index (Phi) is 3.91. The van der Waals surface area contributed by atoms with Crippen molar-refractivity contribution in [1.29, 1.82) is 0 Å². The van der Waals surface area contributed by atoms with E-state index < -0.39 is 0 Å². The van der Waals surface area contributed by atoms with E-state index in [-0.39, 0.29) is 28.6 Å². The van der Waals surface area contributed by atoms with Crippen LogP contribution in [0.3, 0.4) is 0 Å². The maximum atomic E-state index is 13.1. The van der Waals surface area contributed by atoms with Crippen LogP contribution in [0.5, 0.6) is 0 Å². The first-order valence-corrected chi connectivity index (χ1v) is 8.89. The maximum absolute atomic E-state index is 13.1. The zero-order valence-corrected chi connectivity index (χ0v) is 15.0. The summed E-state index contributed by atoms with van der Waals surface area (Å²) < 4.78 is 1.56. The first kappa shape index (κ1) is 16.3. The Morgan fingerprint density at radius 3 is 2.80 bits per heavy atom. The van der Waals surface area contributed by atoms with E-state index in [9.17, 15) is 9.59 Å². The zero-order valence-electron chi connectivity index (χ0n) is 14.3. The molecule has 8 heteroatoms. The molecule has 3 aliphatic heterocycles. The molecule has 0 aromatic carbocycles. The van der Waals surface area contributed by atoms with Crippen LogP contribution in [0.4, 0.5) is 0 Å². The summed E-state index contributed by atoms with van der Waals surface area (Å²) in [5, 5.41) is 4.65. The van der Waals surface area contributed by atoms with Crippen LogP contribution in [-0.2, 0) is 4.79 Å². The van der Waals surface area contributed by atoms with Crippen LogP contribution in [0.1, 0.15) is 35.8 Å². The highest BCUT2D eigenvalue weighted by Gasteiger charge is 2.39. The standard InChI is InChI=1S/C17H20ClN5O2/c1-10-5-19-16-14(18)15(20-23(16)6-10)17(25)22-8-12-3-4-13(22)9-21(7-12)11(2)24/h5-6,12-13H,3-4,7-9H2,1-2H3/t12-,13+/m0/s1. The summed E-state index contributed by atoms with van der Waals surface area (Å²) in [4.78, 5) is 32.9. The molecule has 0 spiro atoms. The Labute approximate surface area is 150 Å². The molecule has 3 saturated heterocycles. The molecule has 7 nitrogen and oxygen atoms in total.